The molecular weight excluding hydrogens is 316 g/mol. The first-order chi connectivity index (χ1) is 12.6. The SMILES string of the molecule is CCCCCCCCC(C)(CCCCCCCC)C(O)CCCCCC. The summed E-state index contributed by atoms with van der Waals surface area (Å²) in [7, 11) is 0. The largest absolute Gasteiger partial charge is 0.393 e. The molecule has 0 saturated carbocycles. The first-order valence-corrected chi connectivity index (χ1v) is 12.3. The number of hydrogen-bond donors (Lipinski definition) is 1. The summed E-state index contributed by atoms with van der Waals surface area (Å²) in [6.45, 7) is 9.21. The lowest BCUT2D eigenvalue weighted by atomic mass is 9.73. The van der Waals surface area contributed by atoms with Gasteiger partial charge in [-0.15, -0.1) is 0 Å². The molecule has 0 fully saturated rings. The van der Waals surface area contributed by atoms with Gasteiger partial charge in [-0.1, -0.05) is 130 Å². The van der Waals surface area contributed by atoms with Crippen molar-refractivity contribution in [1.29, 1.82) is 0 Å². The molecule has 0 aromatic rings. The highest BCUT2D eigenvalue weighted by atomic mass is 16.3. The van der Waals surface area contributed by atoms with E-state index in [4.69, 9.17) is 0 Å². The molecule has 0 heterocycles. The maximum absolute atomic E-state index is 10.9. The molecular formula is C25H52O. The second-order valence-corrected chi connectivity index (χ2v) is 9.05. The van der Waals surface area contributed by atoms with Crippen molar-refractivity contribution in [3.05, 3.63) is 0 Å². The Hall–Kier alpha value is -0.0400. The Labute approximate surface area is 166 Å². The van der Waals surface area contributed by atoms with Crippen LogP contribution in [-0.2, 0) is 0 Å². The summed E-state index contributed by atoms with van der Waals surface area (Å²) in [6, 6.07) is 0. The lowest BCUT2D eigenvalue weighted by Gasteiger charge is -2.35. The minimum Gasteiger partial charge on any atom is -0.393 e. The molecule has 1 heteroatoms. The van der Waals surface area contributed by atoms with Crippen LogP contribution >= 0.6 is 0 Å². The number of unbranched alkanes of at least 4 members (excludes halogenated alkanes) is 13. The normalized spacial score (nSPS) is 13.3. The Morgan fingerprint density at radius 3 is 1.31 bits per heavy atom. The van der Waals surface area contributed by atoms with Crippen molar-refractivity contribution in [3.8, 4) is 0 Å². The van der Waals surface area contributed by atoms with Crippen molar-refractivity contribution in [2.75, 3.05) is 0 Å². The van der Waals surface area contributed by atoms with E-state index >= 15 is 0 Å². The summed E-state index contributed by atoms with van der Waals surface area (Å²) in [5.41, 5.74) is 0.154. The Morgan fingerprint density at radius 2 is 0.885 bits per heavy atom. The first kappa shape index (κ1) is 26.0. The highest BCUT2D eigenvalue weighted by Gasteiger charge is 2.31. The van der Waals surface area contributed by atoms with Gasteiger partial charge in [0, 0.05) is 0 Å². The van der Waals surface area contributed by atoms with Gasteiger partial charge >= 0.3 is 0 Å². The van der Waals surface area contributed by atoms with Gasteiger partial charge in [0.15, 0.2) is 0 Å². The molecule has 0 spiro atoms. The molecule has 1 N–H and O–H groups in total. The van der Waals surface area contributed by atoms with Crippen molar-refractivity contribution in [3.63, 3.8) is 0 Å². The number of rotatable bonds is 20. The fourth-order valence-electron chi connectivity index (χ4n) is 4.19. The quantitative estimate of drug-likeness (QED) is 0.213. The van der Waals surface area contributed by atoms with Crippen LogP contribution in [0.2, 0.25) is 0 Å². The van der Waals surface area contributed by atoms with Crippen molar-refractivity contribution < 1.29 is 5.11 Å². The van der Waals surface area contributed by atoms with E-state index in [1.807, 2.05) is 0 Å². The average molecular weight is 369 g/mol. The molecule has 0 aromatic carbocycles. The fraction of sp³-hybridized carbons (Fsp3) is 1.00. The zero-order valence-electron chi connectivity index (χ0n) is 19.0. The molecule has 0 radical (unpaired) electrons. The van der Waals surface area contributed by atoms with Gasteiger partial charge in [0.25, 0.3) is 0 Å². The van der Waals surface area contributed by atoms with Crippen LogP contribution in [0.5, 0.6) is 0 Å². The molecule has 1 atom stereocenters. The van der Waals surface area contributed by atoms with Gasteiger partial charge in [-0.05, 0) is 24.7 Å². The van der Waals surface area contributed by atoms with Crippen molar-refractivity contribution in [1.82, 2.24) is 0 Å². The molecule has 0 amide bonds. The molecule has 0 aliphatic rings. The van der Waals surface area contributed by atoms with E-state index in [0.717, 1.165) is 6.42 Å². The lowest BCUT2D eigenvalue weighted by Crippen LogP contribution is -2.32. The molecule has 26 heavy (non-hydrogen) atoms. The maximum Gasteiger partial charge on any atom is 0.0593 e. The van der Waals surface area contributed by atoms with Crippen LogP contribution in [0.3, 0.4) is 0 Å². The second-order valence-electron chi connectivity index (χ2n) is 9.05. The van der Waals surface area contributed by atoms with Crippen molar-refractivity contribution in [2.45, 2.75) is 156 Å². The Bertz CT molecular complexity index is 257. The van der Waals surface area contributed by atoms with E-state index in [9.17, 15) is 5.11 Å². The summed E-state index contributed by atoms with van der Waals surface area (Å²) in [6.07, 6.45) is 24.8. The summed E-state index contributed by atoms with van der Waals surface area (Å²) in [5.74, 6) is 0. The van der Waals surface area contributed by atoms with E-state index in [1.165, 1.54) is 116 Å². The predicted octanol–water partition coefficient (Wildman–Crippen LogP) is 8.83. The van der Waals surface area contributed by atoms with E-state index in [2.05, 4.69) is 27.7 Å². The van der Waals surface area contributed by atoms with Crippen LogP contribution in [-0.4, -0.2) is 11.2 Å². The zero-order chi connectivity index (χ0) is 19.5. The van der Waals surface area contributed by atoms with E-state index in [0.29, 0.717) is 0 Å². The van der Waals surface area contributed by atoms with Gasteiger partial charge in [-0.25, -0.2) is 0 Å². The second kappa shape index (κ2) is 18.3. The van der Waals surface area contributed by atoms with Gasteiger partial charge in [-0.3, -0.25) is 0 Å². The lowest BCUT2D eigenvalue weighted by molar-refractivity contribution is 0.0125. The van der Waals surface area contributed by atoms with Crippen LogP contribution in [0.4, 0.5) is 0 Å². The van der Waals surface area contributed by atoms with Gasteiger partial charge in [0.2, 0.25) is 0 Å². The highest BCUT2D eigenvalue weighted by molar-refractivity contribution is 4.82. The molecule has 0 aromatic heterocycles. The Balaban J connectivity index is 4.25. The summed E-state index contributed by atoms with van der Waals surface area (Å²) in [4.78, 5) is 0. The molecule has 0 bridgehead atoms. The fourth-order valence-corrected chi connectivity index (χ4v) is 4.19. The third kappa shape index (κ3) is 14.1. The van der Waals surface area contributed by atoms with E-state index in [-0.39, 0.29) is 11.5 Å². The molecule has 0 aliphatic carbocycles. The van der Waals surface area contributed by atoms with Crippen molar-refractivity contribution >= 4 is 0 Å². The number of aliphatic hydroxyl groups excluding tert-OH is 1. The summed E-state index contributed by atoms with van der Waals surface area (Å²) < 4.78 is 0. The van der Waals surface area contributed by atoms with E-state index in [1.54, 1.807) is 0 Å². The number of hydrogen-bond acceptors (Lipinski definition) is 1. The van der Waals surface area contributed by atoms with Gasteiger partial charge in [-0.2, -0.15) is 0 Å². The minimum absolute atomic E-state index is 0.0920. The van der Waals surface area contributed by atoms with Gasteiger partial charge < -0.3 is 5.11 Å². The van der Waals surface area contributed by atoms with Crippen LogP contribution in [0.25, 0.3) is 0 Å². The molecule has 0 rings (SSSR count). The summed E-state index contributed by atoms with van der Waals surface area (Å²) in [5, 5.41) is 10.9. The summed E-state index contributed by atoms with van der Waals surface area (Å²) >= 11 is 0. The maximum atomic E-state index is 10.9. The van der Waals surface area contributed by atoms with E-state index < -0.39 is 0 Å². The van der Waals surface area contributed by atoms with Gasteiger partial charge in [0.05, 0.1) is 6.10 Å². The van der Waals surface area contributed by atoms with Crippen LogP contribution in [0, 0.1) is 5.41 Å². The van der Waals surface area contributed by atoms with Crippen LogP contribution in [0.15, 0.2) is 0 Å². The Kier molecular flexibility index (Phi) is 18.3. The Morgan fingerprint density at radius 1 is 0.538 bits per heavy atom. The average Bonchev–Trinajstić information content (AvgIpc) is 2.64. The molecule has 158 valence electrons. The minimum atomic E-state index is -0.0920. The third-order valence-electron chi connectivity index (χ3n) is 6.34. The molecule has 0 saturated heterocycles. The zero-order valence-corrected chi connectivity index (χ0v) is 19.0. The first-order valence-electron chi connectivity index (χ1n) is 12.3. The predicted molar refractivity (Wildman–Crippen MR) is 119 cm³/mol. The van der Waals surface area contributed by atoms with Crippen LogP contribution < -0.4 is 0 Å². The van der Waals surface area contributed by atoms with Crippen LogP contribution in [0.1, 0.15) is 150 Å². The molecule has 1 unspecified atom stereocenters. The van der Waals surface area contributed by atoms with Gasteiger partial charge in [0.1, 0.15) is 0 Å². The van der Waals surface area contributed by atoms with Crippen molar-refractivity contribution in [2.24, 2.45) is 5.41 Å². The third-order valence-corrected chi connectivity index (χ3v) is 6.34. The highest BCUT2D eigenvalue weighted by Crippen LogP contribution is 2.37. The monoisotopic (exact) mass is 368 g/mol. The molecule has 1 nitrogen and oxygen atoms in total. The smallest absolute Gasteiger partial charge is 0.0593 e. The topological polar surface area (TPSA) is 20.2 Å². The molecule has 0 aliphatic heterocycles. The standard InChI is InChI=1S/C25H52O/c1-5-8-11-14-16-19-22-25(4,23-20-17-15-12-9-6-2)24(26)21-18-13-10-7-3/h24,26H,5-23H2,1-4H3. The number of aliphatic hydroxyl groups is 1.